The zero-order valence-electron chi connectivity index (χ0n) is 17.7. The lowest BCUT2D eigenvalue weighted by Crippen LogP contribution is -2.43. The van der Waals surface area contributed by atoms with E-state index in [0.29, 0.717) is 35.4 Å². The number of fused-ring (bicyclic) bond motifs is 1. The van der Waals surface area contributed by atoms with E-state index in [1.54, 1.807) is 48.5 Å². The normalized spacial score (nSPS) is 19.5. The van der Waals surface area contributed by atoms with Crippen LogP contribution in [0.3, 0.4) is 0 Å². The summed E-state index contributed by atoms with van der Waals surface area (Å²) in [5, 5.41) is 2.79. The van der Waals surface area contributed by atoms with Crippen LogP contribution in [0.2, 0.25) is 0 Å². The third kappa shape index (κ3) is 4.21. The molecule has 0 bridgehead atoms. The Hall–Kier alpha value is -3.68. The number of carbonyl (C=O) groups excluding carboxylic acids is 4. The first kappa shape index (κ1) is 21.5. The van der Waals surface area contributed by atoms with E-state index < -0.39 is 24.2 Å². The average Bonchev–Trinajstić information content (AvgIpc) is 3.34. The predicted octanol–water partition coefficient (Wildman–Crippen LogP) is 3.44. The van der Waals surface area contributed by atoms with Crippen molar-refractivity contribution in [3.63, 3.8) is 0 Å². The second-order valence-corrected chi connectivity index (χ2v) is 7.76. The van der Waals surface area contributed by atoms with Gasteiger partial charge in [0.15, 0.2) is 0 Å². The van der Waals surface area contributed by atoms with Crippen LogP contribution in [-0.2, 0) is 19.1 Å². The average molecular weight is 436 g/mol. The number of ether oxygens (including phenoxy) is 2. The van der Waals surface area contributed by atoms with E-state index in [1.807, 2.05) is 6.92 Å². The molecule has 2 aromatic carbocycles. The lowest BCUT2D eigenvalue weighted by Gasteiger charge is -2.29. The van der Waals surface area contributed by atoms with Crippen LogP contribution >= 0.6 is 0 Å². The number of likely N-dealkylation sites (tertiary alicyclic amines) is 1. The standard InChI is InChI=1S/C24H24N2O6/c1-2-3-14-31-23(29)15-8-10-16(11-9-15)25-21(28)19-12-13-20(27)26(19)22-17-6-4-5-7-18(17)24(30)32-22/h4-11,19,22H,2-3,12-14H2,1H3,(H,25,28)/t19-,22?/m0/s1. The second-order valence-electron chi connectivity index (χ2n) is 7.76. The van der Waals surface area contributed by atoms with Crippen molar-refractivity contribution < 1.29 is 28.7 Å². The van der Waals surface area contributed by atoms with Crippen molar-refractivity contribution in [1.29, 1.82) is 0 Å². The summed E-state index contributed by atoms with van der Waals surface area (Å²) in [6, 6.07) is 12.5. The highest BCUT2D eigenvalue weighted by Gasteiger charge is 2.46. The molecule has 8 nitrogen and oxygen atoms in total. The first-order chi connectivity index (χ1) is 15.5. The van der Waals surface area contributed by atoms with Gasteiger partial charge in [-0.25, -0.2) is 9.59 Å². The Kier molecular flexibility index (Phi) is 6.20. The summed E-state index contributed by atoms with van der Waals surface area (Å²) in [6.45, 7) is 2.38. The minimum atomic E-state index is -0.912. The molecule has 0 radical (unpaired) electrons. The van der Waals surface area contributed by atoms with Crippen molar-refractivity contribution in [3.8, 4) is 0 Å². The molecule has 2 heterocycles. The van der Waals surface area contributed by atoms with Crippen molar-refractivity contribution >= 4 is 29.4 Å². The molecule has 1 saturated heterocycles. The molecule has 166 valence electrons. The van der Waals surface area contributed by atoms with E-state index in [-0.39, 0.29) is 18.2 Å². The van der Waals surface area contributed by atoms with Crippen LogP contribution < -0.4 is 5.32 Å². The van der Waals surface area contributed by atoms with Gasteiger partial charge in [0.05, 0.1) is 17.7 Å². The number of hydrogen-bond donors (Lipinski definition) is 1. The number of cyclic esters (lactones) is 1. The summed E-state index contributed by atoms with van der Waals surface area (Å²) < 4.78 is 10.6. The molecule has 1 unspecified atom stereocenters. The van der Waals surface area contributed by atoms with E-state index in [1.165, 1.54) is 4.90 Å². The van der Waals surface area contributed by atoms with Gasteiger partial charge in [-0.3, -0.25) is 14.5 Å². The molecule has 4 rings (SSSR count). The van der Waals surface area contributed by atoms with Gasteiger partial charge in [0.25, 0.3) is 0 Å². The van der Waals surface area contributed by atoms with Crippen molar-refractivity contribution in [2.24, 2.45) is 0 Å². The molecule has 2 aliphatic rings. The zero-order chi connectivity index (χ0) is 22.7. The topological polar surface area (TPSA) is 102 Å². The summed E-state index contributed by atoms with van der Waals surface area (Å²) in [5.74, 6) is -1.55. The molecular weight excluding hydrogens is 412 g/mol. The van der Waals surface area contributed by atoms with Crippen molar-refractivity contribution in [1.82, 2.24) is 4.90 Å². The number of anilines is 1. The highest BCUT2D eigenvalue weighted by Crippen LogP contribution is 2.38. The largest absolute Gasteiger partial charge is 0.462 e. The summed E-state index contributed by atoms with van der Waals surface area (Å²) in [4.78, 5) is 51.1. The number of nitrogens with one attached hydrogen (secondary N) is 1. The van der Waals surface area contributed by atoms with Crippen molar-refractivity contribution in [2.75, 3.05) is 11.9 Å². The molecule has 1 fully saturated rings. The van der Waals surface area contributed by atoms with Gasteiger partial charge in [-0.2, -0.15) is 0 Å². The third-order valence-corrected chi connectivity index (χ3v) is 5.60. The van der Waals surface area contributed by atoms with Crippen LogP contribution in [-0.4, -0.2) is 41.3 Å². The second kappa shape index (κ2) is 9.21. The Morgan fingerprint density at radius 2 is 1.88 bits per heavy atom. The number of carbonyl (C=O) groups is 4. The third-order valence-electron chi connectivity index (χ3n) is 5.60. The van der Waals surface area contributed by atoms with Gasteiger partial charge in [0.2, 0.25) is 18.0 Å². The number of unbranched alkanes of at least 4 members (excludes halogenated alkanes) is 1. The van der Waals surface area contributed by atoms with Gasteiger partial charge in [0, 0.05) is 17.7 Å². The summed E-state index contributed by atoms with van der Waals surface area (Å²) in [5.41, 5.74) is 1.86. The Morgan fingerprint density at radius 3 is 2.62 bits per heavy atom. The smallest absolute Gasteiger partial charge is 0.340 e. The quantitative estimate of drug-likeness (QED) is 0.527. The van der Waals surface area contributed by atoms with E-state index in [4.69, 9.17) is 9.47 Å². The molecule has 2 amide bonds. The first-order valence-electron chi connectivity index (χ1n) is 10.7. The first-order valence-corrected chi connectivity index (χ1v) is 10.7. The molecule has 1 N–H and O–H groups in total. The maximum atomic E-state index is 13.0. The predicted molar refractivity (Wildman–Crippen MR) is 115 cm³/mol. The number of esters is 2. The number of hydrogen-bond acceptors (Lipinski definition) is 6. The van der Waals surface area contributed by atoms with E-state index >= 15 is 0 Å². The van der Waals surface area contributed by atoms with Crippen molar-refractivity contribution in [2.45, 2.75) is 44.9 Å². The van der Waals surface area contributed by atoms with Gasteiger partial charge < -0.3 is 14.8 Å². The van der Waals surface area contributed by atoms with Gasteiger partial charge in [-0.15, -0.1) is 0 Å². The SMILES string of the molecule is CCCCOC(=O)c1ccc(NC(=O)[C@@H]2CCC(=O)N2C2OC(=O)c3ccccc32)cc1. The minimum absolute atomic E-state index is 0.191. The molecule has 2 atom stereocenters. The number of nitrogens with zero attached hydrogens (tertiary/aromatic N) is 1. The van der Waals surface area contributed by atoms with Crippen LogP contribution in [0.15, 0.2) is 48.5 Å². The lowest BCUT2D eigenvalue weighted by atomic mass is 10.1. The van der Waals surface area contributed by atoms with E-state index in [2.05, 4.69) is 5.32 Å². The number of amides is 2. The molecule has 0 saturated carbocycles. The van der Waals surface area contributed by atoms with Crippen LogP contribution in [0.4, 0.5) is 5.69 Å². The van der Waals surface area contributed by atoms with Crippen LogP contribution in [0.25, 0.3) is 0 Å². The molecule has 0 aromatic heterocycles. The fourth-order valence-corrected chi connectivity index (χ4v) is 3.89. The maximum Gasteiger partial charge on any atom is 0.340 e. The van der Waals surface area contributed by atoms with E-state index in [0.717, 1.165) is 12.8 Å². The molecule has 0 spiro atoms. The minimum Gasteiger partial charge on any atom is -0.462 e. The fourth-order valence-electron chi connectivity index (χ4n) is 3.89. The van der Waals surface area contributed by atoms with Gasteiger partial charge in [-0.05, 0) is 43.2 Å². The Labute approximate surface area is 185 Å². The van der Waals surface area contributed by atoms with Crippen molar-refractivity contribution in [3.05, 3.63) is 65.2 Å². The van der Waals surface area contributed by atoms with Gasteiger partial charge >= 0.3 is 11.9 Å². The molecule has 2 aromatic rings. The molecule has 0 aliphatic carbocycles. The number of rotatable bonds is 7. The fraction of sp³-hybridized carbons (Fsp3) is 0.333. The zero-order valence-corrected chi connectivity index (χ0v) is 17.7. The highest BCUT2D eigenvalue weighted by atomic mass is 16.6. The Balaban J connectivity index is 1.45. The van der Waals surface area contributed by atoms with E-state index in [9.17, 15) is 19.2 Å². The molecule has 32 heavy (non-hydrogen) atoms. The maximum absolute atomic E-state index is 13.0. The number of benzene rings is 2. The van der Waals surface area contributed by atoms with Crippen LogP contribution in [0.5, 0.6) is 0 Å². The summed E-state index contributed by atoms with van der Waals surface area (Å²) >= 11 is 0. The highest BCUT2D eigenvalue weighted by molar-refractivity contribution is 6.00. The monoisotopic (exact) mass is 436 g/mol. The van der Waals surface area contributed by atoms with Crippen LogP contribution in [0.1, 0.15) is 65.1 Å². The lowest BCUT2D eigenvalue weighted by molar-refractivity contribution is -0.144. The van der Waals surface area contributed by atoms with Crippen LogP contribution in [0, 0.1) is 0 Å². The van der Waals surface area contributed by atoms with Gasteiger partial charge in [0.1, 0.15) is 6.04 Å². The molecule has 8 heteroatoms. The summed E-state index contributed by atoms with van der Waals surface area (Å²) in [6.07, 6.45) is 1.34. The Morgan fingerprint density at radius 1 is 1.12 bits per heavy atom. The summed E-state index contributed by atoms with van der Waals surface area (Å²) in [7, 11) is 0. The Bertz CT molecular complexity index is 1050. The molecular formula is C24H24N2O6. The van der Waals surface area contributed by atoms with Gasteiger partial charge in [-0.1, -0.05) is 31.5 Å². The molecule has 2 aliphatic heterocycles.